The number of carbonyl (C=O) groups is 1. The van der Waals surface area contributed by atoms with E-state index in [1.165, 1.54) is 10.7 Å². The number of nitrogens with zero attached hydrogens (tertiary/aromatic N) is 3. The molecule has 5 nitrogen and oxygen atoms in total. The van der Waals surface area contributed by atoms with E-state index in [2.05, 4.69) is 10.1 Å². The summed E-state index contributed by atoms with van der Waals surface area (Å²) in [5, 5.41) is 3.97. The van der Waals surface area contributed by atoms with E-state index < -0.39 is 5.97 Å². The maximum atomic E-state index is 13.5. The van der Waals surface area contributed by atoms with Crippen molar-refractivity contribution in [2.75, 3.05) is 6.61 Å². The zero-order chi connectivity index (χ0) is 14.0. The first-order chi connectivity index (χ1) is 9.02. The number of ether oxygens (including phenoxy) is 1. The van der Waals surface area contributed by atoms with E-state index in [0.717, 1.165) is 0 Å². The number of rotatable bonds is 3. The highest BCUT2D eigenvalue weighted by molar-refractivity contribution is 5.85. The molecule has 1 heterocycles. The fourth-order valence-electron chi connectivity index (χ4n) is 1.65. The van der Waals surface area contributed by atoms with Gasteiger partial charge in [-0.3, -0.25) is 0 Å². The summed E-state index contributed by atoms with van der Waals surface area (Å²) < 4.78 is 19.8. The maximum Gasteiger partial charge on any atom is 0.378 e. The summed E-state index contributed by atoms with van der Waals surface area (Å²) in [4.78, 5) is 15.6. The van der Waals surface area contributed by atoms with Crippen molar-refractivity contribution in [3.8, 4) is 11.4 Å². The van der Waals surface area contributed by atoms with Crippen molar-refractivity contribution in [3.05, 3.63) is 35.4 Å². The predicted molar refractivity (Wildman–Crippen MR) is 67.1 cm³/mol. The zero-order valence-electron chi connectivity index (χ0n) is 11.0. The molecular weight excluding hydrogens is 249 g/mol. The van der Waals surface area contributed by atoms with Gasteiger partial charge in [0.25, 0.3) is 5.82 Å². The number of hydrogen-bond acceptors (Lipinski definition) is 4. The molecule has 0 atom stereocenters. The Hall–Kier alpha value is -2.24. The third-order valence-corrected chi connectivity index (χ3v) is 2.65. The van der Waals surface area contributed by atoms with Gasteiger partial charge in [-0.1, -0.05) is 12.1 Å². The Kier molecular flexibility index (Phi) is 3.59. The number of aryl methyl sites for hydroxylation is 2. The number of hydrogen-bond donors (Lipinski definition) is 0. The Morgan fingerprint density at radius 1 is 1.47 bits per heavy atom. The minimum atomic E-state index is -0.586. The molecule has 0 saturated carbocycles. The molecular formula is C13H14FN3O2. The van der Waals surface area contributed by atoms with Crippen LogP contribution >= 0.6 is 0 Å². The normalized spacial score (nSPS) is 10.5. The Morgan fingerprint density at radius 2 is 2.21 bits per heavy atom. The van der Waals surface area contributed by atoms with E-state index >= 15 is 0 Å². The van der Waals surface area contributed by atoms with E-state index in [1.54, 1.807) is 33.0 Å². The highest BCUT2D eigenvalue weighted by atomic mass is 19.1. The Morgan fingerprint density at radius 3 is 2.84 bits per heavy atom. The smallest absolute Gasteiger partial charge is 0.378 e. The summed E-state index contributed by atoms with van der Waals surface area (Å²) in [6, 6.07) is 4.76. The first kappa shape index (κ1) is 13.2. The van der Waals surface area contributed by atoms with Crippen LogP contribution in [0, 0.1) is 12.7 Å². The second kappa shape index (κ2) is 5.17. The van der Waals surface area contributed by atoms with Crippen molar-refractivity contribution in [1.29, 1.82) is 0 Å². The summed E-state index contributed by atoms with van der Waals surface area (Å²) in [5.74, 6) is -0.516. The van der Waals surface area contributed by atoms with Gasteiger partial charge < -0.3 is 4.74 Å². The Balaban J connectivity index is 2.40. The molecule has 0 aliphatic rings. The lowest BCUT2D eigenvalue weighted by atomic mass is 10.1. The van der Waals surface area contributed by atoms with E-state index in [1.807, 2.05) is 0 Å². The van der Waals surface area contributed by atoms with E-state index in [-0.39, 0.29) is 18.2 Å². The van der Waals surface area contributed by atoms with Crippen molar-refractivity contribution in [2.24, 2.45) is 7.05 Å². The summed E-state index contributed by atoms with van der Waals surface area (Å²) in [5.41, 5.74) is 1.12. The molecule has 1 aromatic heterocycles. The van der Waals surface area contributed by atoms with Crippen LogP contribution in [0.5, 0.6) is 0 Å². The van der Waals surface area contributed by atoms with Gasteiger partial charge in [-0.15, -0.1) is 5.10 Å². The Labute approximate surface area is 110 Å². The van der Waals surface area contributed by atoms with Crippen molar-refractivity contribution >= 4 is 5.97 Å². The van der Waals surface area contributed by atoms with Gasteiger partial charge in [0.1, 0.15) is 5.82 Å². The fourth-order valence-corrected chi connectivity index (χ4v) is 1.65. The molecule has 0 aliphatic heterocycles. The lowest BCUT2D eigenvalue weighted by molar-refractivity contribution is 0.0512. The summed E-state index contributed by atoms with van der Waals surface area (Å²) in [6.45, 7) is 3.64. The average Bonchev–Trinajstić information content (AvgIpc) is 2.75. The molecule has 1 aromatic carbocycles. The van der Waals surface area contributed by atoms with Crippen LogP contribution in [-0.4, -0.2) is 27.3 Å². The standard InChI is InChI=1S/C13H14FN3O2/c1-4-19-13(18)11-15-12(17(3)16-11)9-6-5-8(2)10(14)7-9/h5-7H,4H2,1-3H3. The minimum absolute atomic E-state index is 0.0275. The van der Waals surface area contributed by atoms with Gasteiger partial charge in [0.05, 0.1) is 6.61 Å². The quantitative estimate of drug-likeness (QED) is 0.796. The van der Waals surface area contributed by atoms with Gasteiger partial charge in [-0.2, -0.15) is 0 Å². The minimum Gasteiger partial charge on any atom is -0.460 e. The molecule has 0 radical (unpaired) electrons. The zero-order valence-corrected chi connectivity index (χ0v) is 11.0. The van der Waals surface area contributed by atoms with Crippen LogP contribution in [0.4, 0.5) is 4.39 Å². The molecule has 0 N–H and O–H groups in total. The van der Waals surface area contributed by atoms with Crippen LogP contribution in [0.1, 0.15) is 23.1 Å². The molecule has 6 heteroatoms. The highest BCUT2D eigenvalue weighted by Crippen LogP contribution is 2.19. The SMILES string of the molecule is CCOC(=O)c1nc(-c2ccc(C)c(F)c2)n(C)n1. The van der Waals surface area contributed by atoms with Crippen LogP contribution in [0.25, 0.3) is 11.4 Å². The average molecular weight is 263 g/mol. The molecule has 0 amide bonds. The van der Waals surface area contributed by atoms with Gasteiger partial charge in [0.15, 0.2) is 5.82 Å². The number of carbonyl (C=O) groups excluding carboxylic acids is 1. The third kappa shape index (κ3) is 2.62. The van der Waals surface area contributed by atoms with Crippen LogP contribution in [-0.2, 0) is 11.8 Å². The van der Waals surface area contributed by atoms with Crippen molar-refractivity contribution in [2.45, 2.75) is 13.8 Å². The van der Waals surface area contributed by atoms with Crippen molar-refractivity contribution in [3.63, 3.8) is 0 Å². The molecule has 100 valence electrons. The summed E-state index contributed by atoms with van der Waals surface area (Å²) in [6.07, 6.45) is 0. The fraction of sp³-hybridized carbons (Fsp3) is 0.308. The van der Waals surface area contributed by atoms with Gasteiger partial charge in [-0.25, -0.2) is 18.9 Å². The molecule has 0 unspecified atom stereocenters. The third-order valence-electron chi connectivity index (χ3n) is 2.65. The largest absolute Gasteiger partial charge is 0.460 e. The molecule has 2 aromatic rings. The first-order valence-electron chi connectivity index (χ1n) is 5.87. The lowest BCUT2D eigenvalue weighted by Gasteiger charge is -2.01. The van der Waals surface area contributed by atoms with Crippen LogP contribution in [0.2, 0.25) is 0 Å². The second-order valence-electron chi connectivity index (χ2n) is 4.07. The molecule has 0 saturated heterocycles. The number of benzene rings is 1. The number of esters is 1. The van der Waals surface area contributed by atoms with Gasteiger partial charge >= 0.3 is 5.97 Å². The molecule has 19 heavy (non-hydrogen) atoms. The highest BCUT2D eigenvalue weighted by Gasteiger charge is 2.17. The maximum absolute atomic E-state index is 13.5. The number of aromatic nitrogens is 3. The molecule has 0 bridgehead atoms. The Bertz CT molecular complexity index is 622. The summed E-state index contributed by atoms with van der Waals surface area (Å²) in [7, 11) is 1.64. The molecule has 0 spiro atoms. The van der Waals surface area contributed by atoms with Gasteiger partial charge in [0.2, 0.25) is 0 Å². The van der Waals surface area contributed by atoms with Crippen LogP contribution in [0.3, 0.4) is 0 Å². The summed E-state index contributed by atoms with van der Waals surface area (Å²) >= 11 is 0. The number of halogens is 1. The van der Waals surface area contributed by atoms with Crippen LogP contribution in [0.15, 0.2) is 18.2 Å². The van der Waals surface area contributed by atoms with E-state index in [4.69, 9.17) is 4.74 Å². The van der Waals surface area contributed by atoms with Crippen LogP contribution < -0.4 is 0 Å². The monoisotopic (exact) mass is 263 g/mol. The topological polar surface area (TPSA) is 57.0 Å². The van der Waals surface area contributed by atoms with Gasteiger partial charge in [0, 0.05) is 12.6 Å². The van der Waals surface area contributed by atoms with Crippen molar-refractivity contribution in [1.82, 2.24) is 14.8 Å². The first-order valence-corrected chi connectivity index (χ1v) is 5.87. The predicted octanol–water partition coefficient (Wildman–Crippen LogP) is 2.11. The second-order valence-corrected chi connectivity index (χ2v) is 4.07. The van der Waals surface area contributed by atoms with E-state index in [9.17, 15) is 9.18 Å². The van der Waals surface area contributed by atoms with E-state index in [0.29, 0.717) is 17.0 Å². The molecule has 0 aliphatic carbocycles. The van der Waals surface area contributed by atoms with Crippen molar-refractivity contribution < 1.29 is 13.9 Å². The molecule has 0 fully saturated rings. The molecule has 2 rings (SSSR count). The lowest BCUT2D eigenvalue weighted by Crippen LogP contribution is -2.07. The van der Waals surface area contributed by atoms with Gasteiger partial charge in [-0.05, 0) is 25.5 Å².